The summed E-state index contributed by atoms with van der Waals surface area (Å²) in [6.07, 6.45) is 7.05. The molecule has 7 aromatic carbocycles. The normalized spacial score (nSPS) is 20.2. The van der Waals surface area contributed by atoms with Crippen LogP contribution in [0, 0.1) is 0 Å². The first-order valence-corrected chi connectivity index (χ1v) is 29.1. The number of fused-ring (bicyclic) bond motifs is 14. The van der Waals surface area contributed by atoms with Gasteiger partial charge in [-0.2, -0.15) is 0 Å². The number of benzene rings is 7. The van der Waals surface area contributed by atoms with Gasteiger partial charge in [-0.15, -0.1) is 11.3 Å². The zero-order chi connectivity index (χ0) is 52.5. The Balaban J connectivity index is 1.16. The second-order valence-corrected chi connectivity index (χ2v) is 30.0. The molecule has 0 N–H and O–H groups in total. The van der Waals surface area contributed by atoms with Crippen LogP contribution in [0.5, 0.6) is 0 Å². The quantitative estimate of drug-likeness (QED) is 0.161. The Labute approximate surface area is 450 Å². The van der Waals surface area contributed by atoms with Gasteiger partial charge in [0.1, 0.15) is 11.2 Å². The summed E-state index contributed by atoms with van der Waals surface area (Å²) in [5, 5.41) is 5.05. The Morgan fingerprint density at radius 2 is 1.00 bits per heavy atom. The third-order valence-corrected chi connectivity index (χ3v) is 21.3. The van der Waals surface area contributed by atoms with Crippen LogP contribution in [0.4, 0.5) is 28.4 Å². The van der Waals surface area contributed by atoms with Crippen LogP contribution in [-0.4, -0.2) is 6.85 Å². The third kappa shape index (κ3) is 6.71. The van der Waals surface area contributed by atoms with E-state index in [4.69, 9.17) is 4.42 Å². The van der Waals surface area contributed by atoms with E-state index in [1.165, 1.54) is 134 Å². The smallest absolute Gasteiger partial charge is 0.333 e. The minimum Gasteiger partial charge on any atom is -0.455 e. The van der Waals surface area contributed by atoms with Gasteiger partial charge >= 0.3 is 6.85 Å². The molecular formula is C70H75BN2OS. The van der Waals surface area contributed by atoms with Gasteiger partial charge in [0.15, 0.2) is 0 Å². The van der Waals surface area contributed by atoms with Crippen LogP contribution in [0.25, 0.3) is 53.2 Å². The van der Waals surface area contributed by atoms with E-state index >= 15 is 0 Å². The number of hydrogen-bond acceptors (Lipinski definition) is 4. The molecule has 0 radical (unpaired) electrons. The van der Waals surface area contributed by atoms with Crippen LogP contribution >= 0.6 is 11.3 Å². The molecule has 3 nitrogen and oxygen atoms in total. The molecule has 75 heavy (non-hydrogen) atoms. The molecule has 2 aromatic heterocycles. The molecule has 0 unspecified atom stereocenters. The molecule has 5 aliphatic rings. The van der Waals surface area contributed by atoms with Gasteiger partial charge < -0.3 is 14.1 Å². The maximum absolute atomic E-state index is 7.35. The maximum atomic E-state index is 7.35. The lowest BCUT2D eigenvalue weighted by Gasteiger charge is -2.49. The predicted octanol–water partition coefficient (Wildman–Crippen LogP) is 19.0. The van der Waals surface area contributed by atoms with Crippen molar-refractivity contribution >= 4 is 99.7 Å². The summed E-state index contributed by atoms with van der Waals surface area (Å²) < 4.78 is 10.1. The van der Waals surface area contributed by atoms with Crippen LogP contribution in [0.15, 0.2) is 114 Å². The lowest BCUT2D eigenvalue weighted by molar-refractivity contribution is 0.332. The number of para-hydroxylation sites is 1. The highest BCUT2D eigenvalue weighted by Gasteiger charge is 2.50. The summed E-state index contributed by atoms with van der Waals surface area (Å²) in [5.41, 5.74) is 24.1. The summed E-state index contributed by atoms with van der Waals surface area (Å²) in [6, 6.07) is 44.2. The fourth-order valence-electron chi connectivity index (χ4n) is 15.0. The van der Waals surface area contributed by atoms with E-state index in [1.807, 2.05) is 11.3 Å². The number of furan rings is 1. The van der Waals surface area contributed by atoms with Crippen molar-refractivity contribution in [1.82, 2.24) is 0 Å². The maximum Gasteiger partial charge on any atom is 0.333 e. The standard InChI is InChI=1S/C70H75BN2OS/c1-64(2,3)40-20-22-41(23-21-40)73-55-39-60-44(45-34-50-53(38-59(45)75-60)70(14,15)31-28-67(50,8)9)33-47(55)61-62-57(35-46-43-18-16-17-19-58(43)74-63(46)61)72(42-24-25-48-49(32-42)66(6,7)27-26-65(48,4)5)56-37-52-51(36-54(56)71(62)73)68(10,11)29-30-69(52,12)13/h16-25,32-39H,26-31H2,1-15H3. The van der Waals surface area contributed by atoms with Crippen molar-refractivity contribution in [1.29, 1.82) is 0 Å². The third-order valence-electron chi connectivity index (χ3n) is 20.2. The monoisotopic (exact) mass is 1000 g/mol. The first-order chi connectivity index (χ1) is 35.2. The van der Waals surface area contributed by atoms with Crippen molar-refractivity contribution < 1.29 is 4.42 Å². The second kappa shape index (κ2) is 15.0. The number of rotatable bonds is 2. The molecule has 0 bridgehead atoms. The number of anilines is 5. The molecule has 9 aromatic rings. The SMILES string of the molecule is CC(C)(C)c1ccc(N2B3c4cc5c(cc4N(c4ccc6c(c4)C(C)(C)CCC6(C)C)c4cc6c(oc7ccccc76)c(c43)-c3cc4c(cc32)sc2cc3c(cc24)C(C)(C)CCC3(C)C)C(C)(C)CCC5(C)C)cc1. The minimum atomic E-state index is -0.147. The van der Waals surface area contributed by atoms with E-state index in [1.54, 1.807) is 0 Å². The molecule has 0 saturated heterocycles. The molecule has 0 amide bonds. The van der Waals surface area contributed by atoms with E-state index < -0.39 is 0 Å². The van der Waals surface area contributed by atoms with Crippen LogP contribution < -0.4 is 20.6 Å². The molecule has 380 valence electrons. The molecular weight excluding hydrogens is 928 g/mol. The fourth-order valence-corrected chi connectivity index (χ4v) is 16.1. The highest BCUT2D eigenvalue weighted by molar-refractivity contribution is 7.26. The van der Waals surface area contributed by atoms with Crippen molar-refractivity contribution in [2.75, 3.05) is 9.71 Å². The Hall–Kier alpha value is -5.78. The lowest BCUT2D eigenvalue weighted by atomic mass is 9.42. The largest absolute Gasteiger partial charge is 0.455 e. The van der Waals surface area contributed by atoms with Crippen LogP contribution in [0.3, 0.4) is 0 Å². The molecule has 5 heteroatoms. The number of hydrogen-bond donors (Lipinski definition) is 0. The van der Waals surface area contributed by atoms with Gasteiger partial charge in [-0.05, 0) is 193 Å². The Bertz CT molecular complexity index is 3960. The summed E-state index contributed by atoms with van der Waals surface area (Å²) in [6.45, 7) is 36.5. The predicted molar refractivity (Wildman–Crippen MR) is 325 cm³/mol. The molecule has 4 heterocycles. The van der Waals surface area contributed by atoms with Gasteiger partial charge in [0.05, 0.1) is 0 Å². The average molecular weight is 1000 g/mol. The van der Waals surface area contributed by atoms with Crippen LogP contribution in [0.1, 0.15) is 181 Å². The number of thiophene rings is 1. The fraction of sp³-hybridized carbons (Fsp3) is 0.400. The van der Waals surface area contributed by atoms with E-state index in [9.17, 15) is 0 Å². The summed E-state index contributed by atoms with van der Waals surface area (Å²) in [7, 11) is 0. The molecule has 3 aliphatic carbocycles. The van der Waals surface area contributed by atoms with Crippen molar-refractivity contribution in [3.8, 4) is 11.1 Å². The van der Waals surface area contributed by atoms with E-state index in [2.05, 4.69) is 223 Å². The van der Waals surface area contributed by atoms with Crippen molar-refractivity contribution in [2.24, 2.45) is 0 Å². The summed E-state index contributed by atoms with van der Waals surface area (Å²) in [4.78, 5) is 5.47. The van der Waals surface area contributed by atoms with E-state index in [0.717, 1.165) is 35.8 Å². The van der Waals surface area contributed by atoms with Gasteiger partial charge in [-0.3, -0.25) is 0 Å². The summed E-state index contributed by atoms with van der Waals surface area (Å²) >= 11 is 1.98. The van der Waals surface area contributed by atoms with Crippen molar-refractivity contribution in [3.05, 3.63) is 148 Å². The average Bonchev–Trinajstić information content (AvgIpc) is 3.91. The Morgan fingerprint density at radius 1 is 0.467 bits per heavy atom. The molecule has 14 rings (SSSR count). The van der Waals surface area contributed by atoms with Crippen LogP contribution in [-0.2, 0) is 37.9 Å². The Kier molecular flexibility index (Phi) is 9.55. The first-order valence-electron chi connectivity index (χ1n) is 28.3. The highest BCUT2D eigenvalue weighted by atomic mass is 32.1. The van der Waals surface area contributed by atoms with Crippen LogP contribution in [0.2, 0.25) is 0 Å². The number of nitrogens with zero attached hydrogens (tertiary/aromatic N) is 2. The second-order valence-electron chi connectivity index (χ2n) is 28.9. The van der Waals surface area contributed by atoms with Gasteiger partial charge in [0.25, 0.3) is 0 Å². The van der Waals surface area contributed by atoms with Gasteiger partial charge in [0.2, 0.25) is 0 Å². The van der Waals surface area contributed by atoms with Crippen molar-refractivity contribution in [3.63, 3.8) is 0 Å². The molecule has 2 aliphatic heterocycles. The molecule has 0 atom stereocenters. The van der Waals surface area contributed by atoms with Gasteiger partial charge in [-0.1, -0.05) is 146 Å². The van der Waals surface area contributed by atoms with E-state index in [0.29, 0.717) is 0 Å². The van der Waals surface area contributed by atoms with E-state index in [-0.39, 0.29) is 44.8 Å². The van der Waals surface area contributed by atoms with Crippen molar-refractivity contribution in [2.45, 2.75) is 180 Å². The van der Waals surface area contributed by atoms with Gasteiger partial charge in [0, 0.05) is 70.5 Å². The molecule has 0 fully saturated rings. The molecule has 0 spiro atoms. The topological polar surface area (TPSA) is 19.6 Å². The zero-order valence-electron chi connectivity index (χ0n) is 47.4. The minimum absolute atomic E-state index is 0.00916. The summed E-state index contributed by atoms with van der Waals surface area (Å²) in [5.74, 6) is 0. The first kappa shape index (κ1) is 47.7. The highest BCUT2D eigenvalue weighted by Crippen LogP contribution is 2.57. The van der Waals surface area contributed by atoms with Gasteiger partial charge in [-0.25, -0.2) is 0 Å². The molecule has 0 saturated carbocycles. The Morgan fingerprint density at radius 3 is 1.64 bits per heavy atom. The zero-order valence-corrected chi connectivity index (χ0v) is 48.2. The lowest BCUT2D eigenvalue weighted by Crippen LogP contribution is -2.62.